The summed E-state index contributed by atoms with van der Waals surface area (Å²) in [5, 5.41) is 15.3. The second kappa shape index (κ2) is 13.1. The number of hydrogen-bond donors (Lipinski definition) is 3. The summed E-state index contributed by atoms with van der Waals surface area (Å²) in [6.07, 6.45) is 5.91. The standard InChI is InChI=1S/C18H33N3O3S.CH4/c1-3-5-13-21(14-6-4-2)15-7-8-18(22)16-9-11-17(12-10-16)20-25(19,23)24;/h9-12,18,20,22H,3-8,13-15H2,1-2H3,(H2,19,23,24);1H4. The largest absolute Gasteiger partial charge is 0.388 e. The van der Waals surface area contributed by atoms with Crippen LogP contribution in [0.2, 0.25) is 0 Å². The van der Waals surface area contributed by atoms with Gasteiger partial charge in [-0.15, -0.1) is 0 Å². The number of anilines is 1. The third-order valence-electron chi connectivity index (χ3n) is 4.16. The van der Waals surface area contributed by atoms with E-state index in [0.29, 0.717) is 12.1 Å². The van der Waals surface area contributed by atoms with Crippen molar-refractivity contribution in [1.82, 2.24) is 4.90 Å². The summed E-state index contributed by atoms with van der Waals surface area (Å²) in [4.78, 5) is 2.48. The Morgan fingerprint density at radius 1 is 1.04 bits per heavy atom. The fourth-order valence-corrected chi connectivity index (χ4v) is 3.18. The summed E-state index contributed by atoms with van der Waals surface area (Å²) in [7, 11) is -3.77. The first-order valence-corrected chi connectivity index (χ1v) is 10.7. The van der Waals surface area contributed by atoms with Crippen molar-refractivity contribution in [2.24, 2.45) is 5.14 Å². The molecule has 0 saturated heterocycles. The quantitative estimate of drug-likeness (QED) is 0.481. The van der Waals surface area contributed by atoms with Gasteiger partial charge in [0.1, 0.15) is 0 Å². The average molecular weight is 388 g/mol. The van der Waals surface area contributed by atoms with Crippen LogP contribution in [-0.4, -0.2) is 38.1 Å². The van der Waals surface area contributed by atoms with E-state index < -0.39 is 16.3 Å². The summed E-state index contributed by atoms with van der Waals surface area (Å²) < 4.78 is 24.2. The van der Waals surface area contributed by atoms with E-state index in [1.54, 1.807) is 24.3 Å². The first-order valence-electron chi connectivity index (χ1n) is 9.16. The Bertz CT molecular complexity index is 568. The number of hydrogen-bond acceptors (Lipinski definition) is 4. The first kappa shape index (κ1) is 24.8. The van der Waals surface area contributed by atoms with Gasteiger partial charge in [0.25, 0.3) is 10.2 Å². The molecule has 1 unspecified atom stereocenters. The van der Waals surface area contributed by atoms with Crippen LogP contribution in [0.25, 0.3) is 0 Å². The van der Waals surface area contributed by atoms with Crippen LogP contribution in [0.15, 0.2) is 24.3 Å². The zero-order chi connectivity index (χ0) is 18.7. The Labute approximate surface area is 160 Å². The third kappa shape index (κ3) is 10.8. The van der Waals surface area contributed by atoms with E-state index >= 15 is 0 Å². The molecule has 0 bridgehead atoms. The Hall–Kier alpha value is -1.15. The highest BCUT2D eigenvalue weighted by Crippen LogP contribution is 2.21. The second-order valence-corrected chi connectivity index (χ2v) is 7.77. The van der Waals surface area contributed by atoms with E-state index in [1.165, 1.54) is 25.7 Å². The lowest BCUT2D eigenvalue weighted by atomic mass is 10.0. The molecular formula is C19H37N3O3S. The van der Waals surface area contributed by atoms with E-state index in [9.17, 15) is 13.5 Å². The van der Waals surface area contributed by atoms with Gasteiger partial charge in [0, 0.05) is 5.69 Å². The van der Waals surface area contributed by atoms with Crippen molar-refractivity contribution < 1.29 is 13.5 Å². The lowest BCUT2D eigenvalue weighted by Crippen LogP contribution is -2.27. The zero-order valence-corrected chi connectivity index (χ0v) is 16.3. The van der Waals surface area contributed by atoms with Crippen LogP contribution in [0.1, 0.15) is 71.5 Å². The molecule has 1 aromatic rings. The number of unbranched alkanes of at least 4 members (excludes halogenated alkanes) is 2. The molecule has 0 spiro atoms. The van der Waals surface area contributed by atoms with Gasteiger partial charge in [0.2, 0.25) is 0 Å². The maximum Gasteiger partial charge on any atom is 0.296 e. The van der Waals surface area contributed by atoms with Gasteiger partial charge in [0.05, 0.1) is 6.10 Å². The van der Waals surface area contributed by atoms with E-state index in [-0.39, 0.29) is 7.43 Å². The van der Waals surface area contributed by atoms with Crippen LogP contribution in [0, 0.1) is 0 Å². The molecular weight excluding hydrogens is 350 g/mol. The molecule has 0 aliphatic rings. The minimum Gasteiger partial charge on any atom is -0.388 e. The summed E-state index contributed by atoms with van der Waals surface area (Å²) in [5.74, 6) is 0. The fraction of sp³-hybridized carbons (Fsp3) is 0.684. The predicted octanol–water partition coefficient (Wildman–Crippen LogP) is 3.65. The molecule has 0 amide bonds. The molecule has 1 atom stereocenters. The lowest BCUT2D eigenvalue weighted by molar-refractivity contribution is 0.154. The molecule has 26 heavy (non-hydrogen) atoms. The average Bonchev–Trinajstić information content (AvgIpc) is 2.55. The van der Waals surface area contributed by atoms with Gasteiger partial charge in [0.15, 0.2) is 0 Å². The molecule has 0 radical (unpaired) electrons. The third-order valence-corrected chi connectivity index (χ3v) is 4.68. The van der Waals surface area contributed by atoms with Crippen molar-refractivity contribution in [1.29, 1.82) is 0 Å². The summed E-state index contributed by atoms with van der Waals surface area (Å²) in [6, 6.07) is 6.67. The molecule has 7 heteroatoms. The maximum atomic E-state index is 11.0. The van der Waals surface area contributed by atoms with Crippen LogP contribution < -0.4 is 9.86 Å². The normalized spacial score (nSPS) is 12.7. The number of nitrogens with one attached hydrogen (secondary N) is 1. The van der Waals surface area contributed by atoms with Crippen molar-refractivity contribution in [3.8, 4) is 0 Å². The number of rotatable bonds is 13. The van der Waals surface area contributed by atoms with Crippen molar-refractivity contribution in [3.63, 3.8) is 0 Å². The van der Waals surface area contributed by atoms with E-state index in [0.717, 1.165) is 31.6 Å². The second-order valence-electron chi connectivity index (χ2n) is 6.48. The van der Waals surface area contributed by atoms with Crippen molar-refractivity contribution in [2.75, 3.05) is 24.4 Å². The monoisotopic (exact) mass is 387 g/mol. The Balaban J connectivity index is 0.00000625. The summed E-state index contributed by atoms with van der Waals surface area (Å²) in [5.41, 5.74) is 1.18. The number of aliphatic hydroxyl groups is 1. The molecule has 6 nitrogen and oxygen atoms in total. The van der Waals surface area contributed by atoms with Crippen LogP contribution in [0.5, 0.6) is 0 Å². The molecule has 0 heterocycles. The van der Waals surface area contributed by atoms with Gasteiger partial charge >= 0.3 is 0 Å². The lowest BCUT2D eigenvalue weighted by Gasteiger charge is -2.22. The Morgan fingerprint density at radius 3 is 2.00 bits per heavy atom. The minimum absolute atomic E-state index is 0. The molecule has 1 rings (SSSR count). The molecule has 152 valence electrons. The highest BCUT2D eigenvalue weighted by Gasteiger charge is 2.10. The molecule has 0 aliphatic heterocycles. The first-order chi connectivity index (χ1) is 11.9. The minimum atomic E-state index is -3.77. The highest BCUT2D eigenvalue weighted by atomic mass is 32.2. The van der Waals surface area contributed by atoms with Crippen LogP contribution >= 0.6 is 0 Å². The van der Waals surface area contributed by atoms with Gasteiger partial charge in [-0.05, 0) is 63.0 Å². The number of benzene rings is 1. The van der Waals surface area contributed by atoms with Crippen molar-refractivity contribution in [2.45, 2.75) is 65.9 Å². The molecule has 1 aromatic carbocycles. The molecule has 0 fully saturated rings. The van der Waals surface area contributed by atoms with Crippen LogP contribution in [-0.2, 0) is 10.2 Å². The predicted molar refractivity (Wildman–Crippen MR) is 110 cm³/mol. The smallest absolute Gasteiger partial charge is 0.296 e. The number of nitrogens with two attached hydrogens (primary N) is 1. The van der Waals surface area contributed by atoms with Crippen LogP contribution in [0.4, 0.5) is 5.69 Å². The van der Waals surface area contributed by atoms with Gasteiger partial charge in [-0.25, -0.2) is 5.14 Å². The van der Waals surface area contributed by atoms with Crippen LogP contribution in [0.3, 0.4) is 0 Å². The molecule has 0 saturated carbocycles. The Morgan fingerprint density at radius 2 is 1.54 bits per heavy atom. The van der Waals surface area contributed by atoms with Crippen molar-refractivity contribution in [3.05, 3.63) is 29.8 Å². The van der Waals surface area contributed by atoms with Gasteiger partial charge in [-0.1, -0.05) is 46.2 Å². The summed E-state index contributed by atoms with van der Waals surface area (Å²) in [6.45, 7) is 7.66. The van der Waals surface area contributed by atoms with Gasteiger partial charge in [-0.2, -0.15) is 8.42 Å². The van der Waals surface area contributed by atoms with Gasteiger partial charge in [-0.3, -0.25) is 4.72 Å². The number of aliphatic hydroxyl groups excluding tert-OH is 1. The maximum absolute atomic E-state index is 11.0. The van der Waals surface area contributed by atoms with Gasteiger partial charge < -0.3 is 10.0 Å². The summed E-state index contributed by atoms with van der Waals surface area (Å²) >= 11 is 0. The highest BCUT2D eigenvalue weighted by molar-refractivity contribution is 7.90. The SMILES string of the molecule is C.CCCCN(CCCC)CCCC(O)c1ccc(NS(N)(=O)=O)cc1. The van der Waals surface area contributed by atoms with Crippen molar-refractivity contribution >= 4 is 15.9 Å². The Kier molecular flexibility index (Phi) is 12.5. The van der Waals surface area contributed by atoms with E-state index in [2.05, 4.69) is 23.5 Å². The van der Waals surface area contributed by atoms with E-state index in [1.807, 2.05) is 0 Å². The van der Waals surface area contributed by atoms with E-state index in [4.69, 9.17) is 5.14 Å². The fourth-order valence-electron chi connectivity index (χ4n) is 2.71. The number of nitrogens with zero attached hydrogens (tertiary/aromatic N) is 1. The molecule has 0 aliphatic carbocycles. The zero-order valence-electron chi connectivity index (χ0n) is 15.4. The molecule has 0 aromatic heterocycles. The topological polar surface area (TPSA) is 95.7 Å². The molecule has 4 N–H and O–H groups in total.